The Labute approximate surface area is 88.8 Å². The van der Waals surface area contributed by atoms with Crippen molar-refractivity contribution in [1.29, 1.82) is 0 Å². The SMILES string of the molecule is O=C(Cn1cccn1)N[C@H]1CCCNC1. The van der Waals surface area contributed by atoms with E-state index in [2.05, 4.69) is 15.7 Å². The lowest BCUT2D eigenvalue weighted by atomic mass is 10.1. The molecule has 0 unspecified atom stereocenters. The number of hydrogen-bond donors (Lipinski definition) is 2. The van der Waals surface area contributed by atoms with Crippen molar-refractivity contribution >= 4 is 5.91 Å². The van der Waals surface area contributed by atoms with Crippen LogP contribution in [0.3, 0.4) is 0 Å². The molecule has 1 aliphatic rings. The number of nitrogens with one attached hydrogen (secondary N) is 2. The number of piperidine rings is 1. The summed E-state index contributed by atoms with van der Waals surface area (Å²) in [6, 6.07) is 2.09. The summed E-state index contributed by atoms with van der Waals surface area (Å²) in [6.45, 7) is 2.25. The fraction of sp³-hybridized carbons (Fsp3) is 0.600. The number of amides is 1. The molecule has 82 valence electrons. The first-order valence-electron chi connectivity index (χ1n) is 5.32. The summed E-state index contributed by atoms with van der Waals surface area (Å²) in [5.41, 5.74) is 0. The van der Waals surface area contributed by atoms with Gasteiger partial charge in [-0.3, -0.25) is 9.48 Å². The van der Waals surface area contributed by atoms with Gasteiger partial charge in [0.15, 0.2) is 0 Å². The number of carbonyl (C=O) groups excluding carboxylic acids is 1. The molecular formula is C10H16N4O. The van der Waals surface area contributed by atoms with Gasteiger partial charge in [-0.15, -0.1) is 0 Å². The van der Waals surface area contributed by atoms with E-state index in [-0.39, 0.29) is 11.9 Å². The van der Waals surface area contributed by atoms with Gasteiger partial charge in [0.25, 0.3) is 0 Å². The van der Waals surface area contributed by atoms with E-state index in [1.807, 2.05) is 6.07 Å². The Bertz CT molecular complexity index is 303. The molecule has 0 aromatic carbocycles. The van der Waals surface area contributed by atoms with Crippen molar-refractivity contribution in [3.8, 4) is 0 Å². The normalized spacial score (nSPS) is 21.2. The third-order valence-electron chi connectivity index (χ3n) is 2.53. The minimum absolute atomic E-state index is 0.0346. The molecule has 1 aliphatic heterocycles. The van der Waals surface area contributed by atoms with Crippen LogP contribution in [0.2, 0.25) is 0 Å². The Morgan fingerprint density at radius 2 is 2.60 bits per heavy atom. The van der Waals surface area contributed by atoms with E-state index < -0.39 is 0 Å². The second-order valence-electron chi connectivity index (χ2n) is 3.81. The smallest absolute Gasteiger partial charge is 0.241 e. The lowest BCUT2D eigenvalue weighted by Crippen LogP contribution is -2.46. The first-order chi connectivity index (χ1) is 7.34. The van der Waals surface area contributed by atoms with Gasteiger partial charge in [0.05, 0.1) is 0 Å². The monoisotopic (exact) mass is 208 g/mol. The highest BCUT2D eigenvalue weighted by molar-refractivity contribution is 5.75. The van der Waals surface area contributed by atoms with E-state index in [0.717, 1.165) is 25.9 Å². The number of hydrogen-bond acceptors (Lipinski definition) is 3. The Morgan fingerprint density at radius 3 is 3.27 bits per heavy atom. The van der Waals surface area contributed by atoms with E-state index >= 15 is 0 Å². The highest BCUT2D eigenvalue weighted by Crippen LogP contribution is 2.00. The minimum Gasteiger partial charge on any atom is -0.350 e. The standard InChI is InChI=1S/C10H16N4O/c15-10(8-14-6-2-5-12-14)13-9-3-1-4-11-7-9/h2,5-6,9,11H,1,3-4,7-8H2,(H,13,15)/t9-/m0/s1. The van der Waals surface area contributed by atoms with Crippen LogP contribution in [-0.4, -0.2) is 34.8 Å². The average Bonchev–Trinajstić information content (AvgIpc) is 2.71. The third kappa shape index (κ3) is 3.06. The molecule has 1 aromatic rings. The zero-order chi connectivity index (χ0) is 10.5. The van der Waals surface area contributed by atoms with Gasteiger partial charge in [0.1, 0.15) is 6.54 Å². The van der Waals surface area contributed by atoms with E-state index in [1.165, 1.54) is 0 Å². The first kappa shape index (κ1) is 10.2. The van der Waals surface area contributed by atoms with Gasteiger partial charge in [-0.2, -0.15) is 5.10 Å². The Hall–Kier alpha value is -1.36. The molecule has 0 radical (unpaired) electrons. The molecule has 0 spiro atoms. The fourth-order valence-corrected chi connectivity index (χ4v) is 1.79. The predicted octanol–water partition coefficient (Wildman–Crippen LogP) is -0.249. The molecule has 1 atom stereocenters. The van der Waals surface area contributed by atoms with E-state index in [1.54, 1.807) is 17.1 Å². The van der Waals surface area contributed by atoms with Crippen molar-refractivity contribution in [3.63, 3.8) is 0 Å². The summed E-state index contributed by atoms with van der Waals surface area (Å²) in [5, 5.41) is 10.2. The van der Waals surface area contributed by atoms with E-state index in [0.29, 0.717) is 6.54 Å². The summed E-state index contributed by atoms with van der Waals surface area (Å²) >= 11 is 0. The Morgan fingerprint density at radius 1 is 1.67 bits per heavy atom. The number of nitrogens with zero attached hydrogens (tertiary/aromatic N) is 2. The zero-order valence-corrected chi connectivity index (χ0v) is 8.65. The van der Waals surface area contributed by atoms with Crippen LogP contribution in [0.1, 0.15) is 12.8 Å². The molecule has 2 N–H and O–H groups in total. The molecule has 0 aliphatic carbocycles. The third-order valence-corrected chi connectivity index (χ3v) is 2.53. The molecule has 15 heavy (non-hydrogen) atoms. The van der Waals surface area contributed by atoms with Gasteiger partial charge in [0, 0.05) is 25.0 Å². The molecule has 0 bridgehead atoms. The lowest BCUT2D eigenvalue weighted by molar-refractivity contribution is -0.122. The molecule has 5 heteroatoms. The molecule has 1 saturated heterocycles. The van der Waals surface area contributed by atoms with Crippen LogP contribution >= 0.6 is 0 Å². The van der Waals surface area contributed by atoms with Crippen LogP contribution in [0.4, 0.5) is 0 Å². The summed E-state index contributed by atoms with van der Waals surface area (Å²) in [5.74, 6) is 0.0346. The number of aromatic nitrogens is 2. The van der Waals surface area contributed by atoms with Gasteiger partial charge < -0.3 is 10.6 Å². The van der Waals surface area contributed by atoms with E-state index in [4.69, 9.17) is 0 Å². The number of carbonyl (C=O) groups is 1. The van der Waals surface area contributed by atoms with Gasteiger partial charge in [-0.25, -0.2) is 0 Å². The minimum atomic E-state index is 0.0346. The molecule has 5 nitrogen and oxygen atoms in total. The van der Waals surface area contributed by atoms with Gasteiger partial charge in [-0.1, -0.05) is 0 Å². The molecule has 1 amide bonds. The quantitative estimate of drug-likeness (QED) is 0.720. The molecule has 1 aromatic heterocycles. The van der Waals surface area contributed by atoms with Crippen molar-refractivity contribution in [2.45, 2.75) is 25.4 Å². The van der Waals surface area contributed by atoms with Crippen LogP contribution in [0.25, 0.3) is 0 Å². The van der Waals surface area contributed by atoms with Gasteiger partial charge in [0.2, 0.25) is 5.91 Å². The summed E-state index contributed by atoms with van der Waals surface area (Å²) in [6.07, 6.45) is 5.67. The molecule has 2 rings (SSSR count). The van der Waals surface area contributed by atoms with Crippen molar-refractivity contribution in [2.24, 2.45) is 0 Å². The summed E-state index contributed by atoms with van der Waals surface area (Å²) in [7, 11) is 0. The zero-order valence-electron chi connectivity index (χ0n) is 8.65. The van der Waals surface area contributed by atoms with Crippen LogP contribution in [0.15, 0.2) is 18.5 Å². The second kappa shape index (κ2) is 4.93. The largest absolute Gasteiger partial charge is 0.350 e. The molecule has 2 heterocycles. The highest BCUT2D eigenvalue weighted by Gasteiger charge is 2.15. The van der Waals surface area contributed by atoms with Crippen molar-refractivity contribution in [2.75, 3.05) is 13.1 Å². The maximum absolute atomic E-state index is 11.6. The van der Waals surface area contributed by atoms with Crippen LogP contribution in [0.5, 0.6) is 0 Å². The number of rotatable bonds is 3. The lowest BCUT2D eigenvalue weighted by Gasteiger charge is -2.23. The second-order valence-corrected chi connectivity index (χ2v) is 3.81. The Kier molecular flexibility index (Phi) is 3.34. The van der Waals surface area contributed by atoms with E-state index in [9.17, 15) is 4.79 Å². The maximum Gasteiger partial charge on any atom is 0.241 e. The van der Waals surface area contributed by atoms with Crippen molar-refractivity contribution < 1.29 is 4.79 Å². The topological polar surface area (TPSA) is 59.0 Å². The summed E-state index contributed by atoms with van der Waals surface area (Å²) < 4.78 is 1.63. The van der Waals surface area contributed by atoms with Gasteiger partial charge in [-0.05, 0) is 25.5 Å². The average molecular weight is 208 g/mol. The van der Waals surface area contributed by atoms with Crippen LogP contribution in [0, 0.1) is 0 Å². The van der Waals surface area contributed by atoms with Crippen LogP contribution < -0.4 is 10.6 Å². The van der Waals surface area contributed by atoms with Crippen molar-refractivity contribution in [3.05, 3.63) is 18.5 Å². The predicted molar refractivity (Wildman–Crippen MR) is 56.3 cm³/mol. The molecule has 1 fully saturated rings. The van der Waals surface area contributed by atoms with Crippen molar-refractivity contribution in [1.82, 2.24) is 20.4 Å². The highest BCUT2D eigenvalue weighted by atomic mass is 16.2. The summed E-state index contributed by atoms with van der Waals surface area (Å²) in [4.78, 5) is 11.6. The molecular weight excluding hydrogens is 192 g/mol. The fourth-order valence-electron chi connectivity index (χ4n) is 1.79. The maximum atomic E-state index is 11.6. The Balaban J connectivity index is 1.76. The van der Waals surface area contributed by atoms with Crippen LogP contribution in [-0.2, 0) is 11.3 Å². The van der Waals surface area contributed by atoms with Gasteiger partial charge >= 0.3 is 0 Å². The first-order valence-corrected chi connectivity index (χ1v) is 5.32. The molecule has 0 saturated carbocycles.